The molecule has 0 bridgehead atoms. The first-order chi connectivity index (χ1) is 12.0. The first kappa shape index (κ1) is 19.2. The van der Waals surface area contributed by atoms with E-state index in [4.69, 9.17) is 5.14 Å². The second-order valence-electron chi connectivity index (χ2n) is 5.93. The molecule has 14 heteroatoms. The van der Waals surface area contributed by atoms with Gasteiger partial charge in [0.25, 0.3) is 0 Å². The summed E-state index contributed by atoms with van der Waals surface area (Å²) < 4.78 is 64.3. The van der Waals surface area contributed by atoms with Gasteiger partial charge in [-0.05, 0) is 12.1 Å². The molecule has 2 heterocycles. The predicted molar refractivity (Wildman–Crippen MR) is 82.3 cm³/mol. The minimum Gasteiger partial charge on any atom is -0.389 e. The summed E-state index contributed by atoms with van der Waals surface area (Å²) in [6.45, 7) is -0.172. The number of anilines is 1. The van der Waals surface area contributed by atoms with Gasteiger partial charge in [-0.15, -0.1) is 0 Å². The van der Waals surface area contributed by atoms with Gasteiger partial charge in [0, 0.05) is 24.3 Å². The highest BCUT2D eigenvalue weighted by Gasteiger charge is 2.42. The zero-order chi connectivity index (χ0) is 19.3. The van der Waals surface area contributed by atoms with Gasteiger partial charge in [0.1, 0.15) is 11.1 Å². The lowest BCUT2D eigenvalue weighted by Crippen LogP contribution is -2.33. The Morgan fingerprint density at radius 2 is 1.65 bits per heavy atom. The number of sulfonamides is 1. The van der Waals surface area contributed by atoms with E-state index >= 15 is 0 Å². The zero-order valence-corrected chi connectivity index (χ0v) is 13.9. The first-order valence-corrected chi connectivity index (χ1v) is 8.94. The molecule has 2 fully saturated rings. The van der Waals surface area contributed by atoms with Gasteiger partial charge in [-0.3, -0.25) is 0 Å². The van der Waals surface area contributed by atoms with Crippen LogP contribution in [0.25, 0.3) is 0 Å². The molecule has 8 N–H and O–H groups in total. The van der Waals surface area contributed by atoms with Crippen molar-refractivity contribution in [3.05, 3.63) is 23.3 Å². The molecule has 0 aromatic heterocycles. The van der Waals surface area contributed by atoms with Crippen LogP contribution in [0.15, 0.2) is 17.0 Å². The molecular formula is C12H17F3N6O4S. The highest BCUT2D eigenvalue weighted by atomic mass is 32.2. The van der Waals surface area contributed by atoms with E-state index in [0.29, 0.717) is 6.07 Å². The lowest BCUT2D eigenvalue weighted by Gasteiger charge is -2.27. The maximum Gasteiger partial charge on any atom is 0.417 e. The quantitative estimate of drug-likeness (QED) is 0.307. The summed E-state index contributed by atoms with van der Waals surface area (Å²) in [5.74, 6) is 0. The minimum absolute atomic E-state index is 0.0770. The fraction of sp³-hybridized carbons (Fsp3) is 0.500. The number of hydrogen-bond donors (Lipinski definition) is 7. The molecule has 2 aliphatic heterocycles. The van der Waals surface area contributed by atoms with E-state index in [-0.39, 0.29) is 24.3 Å². The molecule has 2 atom stereocenters. The maximum atomic E-state index is 13.4. The molecule has 26 heavy (non-hydrogen) atoms. The van der Waals surface area contributed by atoms with Crippen LogP contribution in [0, 0.1) is 0 Å². The van der Waals surface area contributed by atoms with Crippen LogP contribution in [0.1, 0.15) is 17.3 Å². The number of hydrogen-bond acceptors (Lipinski definition) is 9. The lowest BCUT2D eigenvalue weighted by molar-refractivity contribution is -0.140. The summed E-state index contributed by atoms with van der Waals surface area (Å²) in [6, 6.07) is 1.70. The Morgan fingerprint density at radius 3 is 2.12 bits per heavy atom. The highest BCUT2D eigenvalue weighted by molar-refractivity contribution is 7.89. The number of nitrogens with two attached hydrogens (primary N) is 1. The molecule has 0 aliphatic carbocycles. The largest absolute Gasteiger partial charge is 0.417 e. The van der Waals surface area contributed by atoms with Crippen LogP contribution < -0.4 is 32.0 Å². The van der Waals surface area contributed by atoms with E-state index in [1.807, 2.05) is 0 Å². The Bertz CT molecular complexity index is 789. The van der Waals surface area contributed by atoms with E-state index in [0.717, 1.165) is 6.07 Å². The van der Waals surface area contributed by atoms with Gasteiger partial charge in [-0.2, -0.15) is 24.2 Å². The third kappa shape index (κ3) is 3.49. The molecule has 0 unspecified atom stereocenters. The van der Waals surface area contributed by atoms with Gasteiger partial charge in [0.15, 0.2) is 0 Å². The fourth-order valence-corrected chi connectivity index (χ4v) is 4.06. The van der Waals surface area contributed by atoms with E-state index in [1.54, 1.807) is 0 Å². The Morgan fingerprint density at radius 1 is 1.12 bits per heavy atom. The maximum absolute atomic E-state index is 13.4. The third-order valence-electron chi connectivity index (χ3n) is 4.15. The average Bonchev–Trinajstić information content (AvgIpc) is 3.14. The number of β-amino-alcohol motifs (C(OH)–C–C–N with tert-alkyl or cyclic N) is 2. The summed E-state index contributed by atoms with van der Waals surface area (Å²) in [4.78, 5) is 0.301. The molecule has 146 valence electrons. The average molecular weight is 398 g/mol. The van der Waals surface area contributed by atoms with Crippen LogP contribution in [0.3, 0.4) is 0 Å². The number of halogens is 3. The Balaban J connectivity index is 2.25. The summed E-state index contributed by atoms with van der Waals surface area (Å²) in [5, 5.41) is 24.6. The summed E-state index contributed by atoms with van der Waals surface area (Å²) in [6.07, 6.45) is -8.29. The van der Waals surface area contributed by atoms with Gasteiger partial charge in [0.2, 0.25) is 10.0 Å². The number of hydrazine groups is 3. The Kier molecular flexibility index (Phi) is 4.87. The summed E-state index contributed by atoms with van der Waals surface area (Å²) in [5.41, 5.74) is 8.25. The smallest absolute Gasteiger partial charge is 0.389 e. The number of aliphatic hydroxyl groups excluding tert-OH is 2. The number of primary sulfonamides is 1. The fourth-order valence-electron chi connectivity index (χ4n) is 3.04. The molecular weight excluding hydrogens is 381 g/mol. The molecule has 2 aliphatic rings. The molecule has 2 saturated heterocycles. The Labute approximate surface area is 146 Å². The van der Waals surface area contributed by atoms with Crippen molar-refractivity contribution in [2.45, 2.75) is 29.4 Å². The van der Waals surface area contributed by atoms with Crippen molar-refractivity contribution >= 4 is 15.7 Å². The number of aliphatic hydroxyl groups is 2. The second-order valence-corrected chi connectivity index (χ2v) is 7.43. The van der Waals surface area contributed by atoms with E-state index < -0.39 is 45.0 Å². The molecule has 0 spiro atoms. The summed E-state index contributed by atoms with van der Waals surface area (Å²) >= 11 is 0. The highest BCUT2D eigenvalue weighted by Crippen LogP contribution is 2.41. The van der Waals surface area contributed by atoms with Crippen molar-refractivity contribution in [2.75, 3.05) is 18.0 Å². The molecule has 0 saturated carbocycles. The van der Waals surface area contributed by atoms with Crippen molar-refractivity contribution in [1.82, 2.24) is 21.9 Å². The van der Waals surface area contributed by atoms with Gasteiger partial charge >= 0.3 is 6.18 Å². The van der Waals surface area contributed by atoms with E-state index in [2.05, 4.69) is 21.9 Å². The van der Waals surface area contributed by atoms with E-state index in [9.17, 15) is 31.8 Å². The van der Waals surface area contributed by atoms with Crippen molar-refractivity contribution in [3.8, 4) is 0 Å². The van der Waals surface area contributed by atoms with Crippen LogP contribution in [0.5, 0.6) is 0 Å². The lowest BCUT2D eigenvalue weighted by atomic mass is 10.0. The molecule has 0 amide bonds. The predicted octanol–water partition coefficient (Wildman–Crippen LogP) is -1.99. The first-order valence-electron chi connectivity index (χ1n) is 7.39. The second kappa shape index (κ2) is 6.58. The van der Waals surface area contributed by atoms with Gasteiger partial charge in [0.05, 0.1) is 17.8 Å². The monoisotopic (exact) mass is 398 g/mol. The Hall–Kier alpha value is -1.52. The van der Waals surface area contributed by atoms with Crippen LogP contribution in [-0.2, 0) is 16.2 Å². The van der Waals surface area contributed by atoms with Crippen LogP contribution in [0.4, 0.5) is 18.9 Å². The molecule has 3 rings (SSSR count). The van der Waals surface area contributed by atoms with Crippen LogP contribution in [0.2, 0.25) is 0 Å². The SMILES string of the molecule is NS(=O)(=O)c1c(C(F)(F)F)ccc(N2C[C@@H](O)[C@H](O)C2)c1C1NNNN1. The number of alkyl halides is 3. The topological polar surface area (TPSA) is 152 Å². The van der Waals surface area contributed by atoms with Crippen molar-refractivity contribution in [1.29, 1.82) is 0 Å². The number of nitrogens with zero attached hydrogens (tertiary/aromatic N) is 1. The molecule has 10 nitrogen and oxygen atoms in total. The number of rotatable bonds is 3. The number of nitrogens with one attached hydrogen (secondary N) is 4. The standard InChI is InChI=1S/C12H17F3N6O4S/c13-12(14,15)5-1-2-6(21-3-7(22)8(23)4-21)9(10(5)26(16,24)25)11-17-19-20-18-11/h1-2,7-8,11,17-20,22-23H,3-4H2,(H2,16,24,25)/t7-,8-/m1/s1. The normalized spacial score (nSPS) is 25.2. The van der Waals surface area contributed by atoms with Crippen LogP contribution >= 0.6 is 0 Å². The minimum atomic E-state index is -4.96. The van der Waals surface area contributed by atoms with Gasteiger partial charge in [-0.1, -0.05) is 0 Å². The van der Waals surface area contributed by atoms with Crippen molar-refractivity contribution < 1.29 is 31.8 Å². The molecule has 0 radical (unpaired) electrons. The third-order valence-corrected chi connectivity index (χ3v) is 5.16. The number of benzene rings is 1. The summed E-state index contributed by atoms with van der Waals surface area (Å²) in [7, 11) is -4.77. The zero-order valence-electron chi connectivity index (χ0n) is 13.1. The van der Waals surface area contributed by atoms with Gasteiger partial charge < -0.3 is 15.1 Å². The van der Waals surface area contributed by atoms with Gasteiger partial charge in [-0.25, -0.2) is 24.4 Å². The van der Waals surface area contributed by atoms with E-state index in [1.165, 1.54) is 4.90 Å². The molecule has 1 aromatic carbocycles. The van der Waals surface area contributed by atoms with Crippen molar-refractivity contribution in [3.63, 3.8) is 0 Å². The van der Waals surface area contributed by atoms with Crippen molar-refractivity contribution in [2.24, 2.45) is 5.14 Å². The molecule has 1 aromatic rings. The van der Waals surface area contributed by atoms with Crippen LogP contribution in [-0.4, -0.2) is 43.9 Å².